The van der Waals surface area contributed by atoms with Gasteiger partial charge in [-0.15, -0.1) is 0 Å². The van der Waals surface area contributed by atoms with Crippen LogP contribution in [0.5, 0.6) is 0 Å². The second kappa shape index (κ2) is 8.17. The van der Waals surface area contributed by atoms with E-state index < -0.39 is 0 Å². The molecule has 0 unspecified atom stereocenters. The molecule has 1 saturated carbocycles. The Morgan fingerprint density at radius 1 is 1.18 bits per heavy atom. The van der Waals surface area contributed by atoms with E-state index in [1.807, 2.05) is 30.5 Å². The summed E-state index contributed by atoms with van der Waals surface area (Å²) in [6.45, 7) is 2.66. The van der Waals surface area contributed by atoms with Gasteiger partial charge in [-0.3, -0.25) is 4.99 Å². The molecule has 0 amide bonds. The smallest absolute Gasteiger partial charge is 0.191 e. The monoisotopic (exact) mass is 381 g/mol. The fourth-order valence-electron chi connectivity index (χ4n) is 4.02. The number of rotatable bonds is 5. The fourth-order valence-corrected chi connectivity index (χ4v) is 4.02. The third kappa shape index (κ3) is 4.11. The molecule has 0 spiro atoms. The predicted octanol–water partition coefficient (Wildman–Crippen LogP) is 3.09. The third-order valence-electron chi connectivity index (χ3n) is 5.93. The first-order chi connectivity index (χ1) is 13.7. The minimum Gasteiger partial charge on any atom is -0.356 e. The first-order valence-electron chi connectivity index (χ1n) is 10.1. The van der Waals surface area contributed by atoms with Crippen molar-refractivity contribution in [1.29, 1.82) is 0 Å². The molecule has 2 fully saturated rings. The van der Waals surface area contributed by atoms with E-state index in [0.717, 1.165) is 56.1 Å². The highest BCUT2D eigenvalue weighted by molar-refractivity contribution is 5.80. The fraction of sp³-hybridized carbons (Fsp3) is 0.455. The number of halogens is 1. The second-order valence-electron chi connectivity index (χ2n) is 7.78. The van der Waals surface area contributed by atoms with Crippen LogP contribution in [0.25, 0.3) is 0 Å². The van der Waals surface area contributed by atoms with Crippen LogP contribution >= 0.6 is 0 Å². The average molecular weight is 381 g/mol. The van der Waals surface area contributed by atoms with Crippen LogP contribution in [0.15, 0.2) is 53.7 Å². The topological polar surface area (TPSA) is 52.6 Å². The molecular formula is C22H28FN5. The maximum Gasteiger partial charge on any atom is 0.191 e. The Bertz CT molecular complexity index is 811. The molecule has 6 heteroatoms. The standard InChI is InChI=1S/C22H28FN5/c1-24-21(26-16-22(11-12-22)18-6-2-3-7-19(18)23)27-17-9-14-28(15-10-17)20-8-4-5-13-25-20/h2-8,13,17H,9-12,14-16H2,1H3,(H2,24,26,27). The third-order valence-corrected chi connectivity index (χ3v) is 5.93. The van der Waals surface area contributed by atoms with Gasteiger partial charge in [0.05, 0.1) is 0 Å². The number of benzene rings is 1. The molecule has 4 rings (SSSR count). The minimum atomic E-state index is -0.105. The summed E-state index contributed by atoms with van der Waals surface area (Å²) in [5.41, 5.74) is 0.729. The van der Waals surface area contributed by atoms with E-state index >= 15 is 0 Å². The number of piperidine rings is 1. The highest BCUT2D eigenvalue weighted by atomic mass is 19.1. The molecule has 2 N–H and O–H groups in total. The van der Waals surface area contributed by atoms with E-state index in [1.54, 1.807) is 19.2 Å². The number of guanidine groups is 1. The van der Waals surface area contributed by atoms with Crippen molar-refractivity contribution in [2.75, 3.05) is 31.6 Å². The van der Waals surface area contributed by atoms with Gasteiger partial charge in [-0.2, -0.15) is 0 Å². The van der Waals surface area contributed by atoms with Gasteiger partial charge in [-0.25, -0.2) is 9.37 Å². The van der Waals surface area contributed by atoms with Crippen molar-refractivity contribution in [1.82, 2.24) is 15.6 Å². The molecule has 1 saturated heterocycles. The average Bonchev–Trinajstić information content (AvgIpc) is 3.53. The summed E-state index contributed by atoms with van der Waals surface area (Å²) < 4.78 is 14.2. The minimum absolute atomic E-state index is 0.0920. The van der Waals surface area contributed by atoms with E-state index in [-0.39, 0.29) is 11.2 Å². The van der Waals surface area contributed by atoms with Gasteiger partial charge in [0.2, 0.25) is 0 Å². The van der Waals surface area contributed by atoms with Gasteiger partial charge in [0.1, 0.15) is 11.6 Å². The van der Waals surface area contributed by atoms with E-state index in [1.165, 1.54) is 0 Å². The Hall–Kier alpha value is -2.63. The first-order valence-corrected chi connectivity index (χ1v) is 10.1. The maximum absolute atomic E-state index is 14.2. The molecule has 1 aliphatic carbocycles. The molecule has 2 aliphatic rings. The zero-order valence-corrected chi connectivity index (χ0v) is 16.4. The first kappa shape index (κ1) is 18.7. The number of aliphatic imine (C=N–C) groups is 1. The predicted molar refractivity (Wildman–Crippen MR) is 111 cm³/mol. The molecule has 0 bridgehead atoms. The molecule has 5 nitrogen and oxygen atoms in total. The Kier molecular flexibility index (Phi) is 5.46. The molecule has 1 aliphatic heterocycles. The Morgan fingerprint density at radius 3 is 2.57 bits per heavy atom. The Balaban J connectivity index is 1.29. The lowest BCUT2D eigenvalue weighted by molar-refractivity contribution is 0.457. The van der Waals surface area contributed by atoms with Crippen molar-refractivity contribution in [3.8, 4) is 0 Å². The van der Waals surface area contributed by atoms with Crippen molar-refractivity contribution in [3.63, 3.8) is 0 Å². The van der Waals surface area contributed by atoms with E-state index in [4.69, 9.17) is 0 Å². The van der Waals surface area contributed by atoms with Gasteiger partial charge in [0.25, 0.3) is 0 Å². The quantitative estimate of drug-likeness (QED) is 0.617. The molecule has 0 atom stereocenters. The number of pyridine rings is 1. The van der Waals surface area contributed by atoms with Crippen molar-refractivity contribution in [3.05, 3.63) is 60.0 Å². The van der Waals surface area contributed by atoms with Gasteiger partial charge in [-0.1, -0.05) is 24.3 Å². The molecule has 148 valence electrons. The lowest BCUT2D eigenvalue weighted by Crippen LogP contribution is -2.50. The number of nitrogens with zero attached hydrogens (tertiary/aromatic N) is 3. The highest BCUT2D eigenvalue weighted by Gasteiger charge is 2.45. The number of hydrogen-bond donors (Lipinski definition) is 2. The van der Waals surface area contributed by atoms with Crippen LogP contribution in [-0.4, -0.2) is 43.7 Å². The molecule has 2 aromatic rings. The number of nitrogens with one attached hydrogen (secondary N) is 2. The SMILES string of the molecule is CN=C(NCC1(c2ccccc2F)CC1)NC1CCN(c2ccccn2)CC1. The molecular weight excluding hydrogens is 353 g/mol. The van der Waals surface area contributed by atoms with Crippen molar-refractivity contribution in [2.45, 2.75) is 37.1 Å². The highest BCUT2D eigenvalue weighted by Crippen LogP contribution is 2.48. The summed E-state index contributed by atoms with van der Waals surface area (Å²) >= 11 is 0. The normalized spacial score (nSPS) is 19.4. The lowest BCUT2D eigenvalue weighted by atomic mass is 9.95. The Morgan fingerprint density at radius 2 is 1.93 bits per heavy atom. The molecule has 28 heavy (non-hydrogen) atoms. The summed E-state index contributed by atoms with van der Waals surface area (Å²) in [6, 6.07) is 13.6. The summed E-state index contributed by atoms with van der Waals surface area (Å²) in [7, 11) is 1.79. The lowest BCUT2D eigenvalue weighted by Gasteiger charge is -2.34. The maximum atomic E-state index is 14.2. The largest absolute Gasteiger partial charge is 0.356 e. The summed E-state index contributed by atoms with van der Waals surface area (Å²) in [6.07, 6.45) is 5.95. The number of aromatic nitrogens is 1. The second-order valence-corrected chi connectivity index (χ2v) is 7.78. The summed E-state index contributed by atoms with van der Waals surface area (Å²) in [4.78, 5) is 11.1. The zero-order valence-electron chi connectivity index (χ0n) is 16.4. The van der Waals surface area contributed by atoms with E-state index in [9.17, 15) is 4.39 Å². The number of anilines is 1. The van der Waals surface area contributed by atoms with Crippen LogP contribution in [0.4, 0.5) is 10.2 Å². The molecule has 0 radical (unpaired) electrons. The van der Waals surface area contributed by atoms with Crippen LogP contribution in [0, 0.1) is 5.82 Å². The van der Waals surface area contributed by atoms with Crippen molar-refractivity contribution >= 4 is 11.8 Å². The molecule has 1 aromatic carbocycles. The van der Waals surface area contributed by atoms with Gasteiger partial charge < -0.3 is 15.5 Å². The van der Waals surface area contributed by atoms with Crippen molar-refractivity contribution < 1.29 is 4.39 Å². The van der Waals surface area contributed by atoms with Crippen molar-refractivity contribution in [2.24, 2.45) is 4.99 Å². The summed E-state index contributed by atoms with van der Waals surface area (Å²) in [5, 5.41) is 6.98. The van der Waals surface area contributed by atoms with E-state index in [2.05, 4.69) is 31.6 Å². The summed E-state index contributed by atoms with van der Waals surface area (Å²) in [5.74, 6) is 1.74. The van der Waals surface area contributed by atoms with Crippen LogP contribution in [0.2, 0.25) is 0 Å². The zero-order chi connectivity index (χ0) is 19.4. The molecule has 2 heterocycles. The van der Waals surface area contributed by atoms with Gasteiger partial charge in [0.15, 0.2) is 5.96 Å². The van der Waals surface area contributed by atoms with Crippen LogP contribution in [-0.2, 0) is 5.41 Å². The van der Waals surface area contributed by atoms with Gasteiger partial charge in [0, 0.05) is 44.3 Å². The van der Waals surface area contributed by atoms with Crippen LogP contribution in [0.1, 0.15) is 31.2 Å². The van der Waals surface area contributed by atoms with Crippen LogP contribution < -0.4 is 15.5 Å². The Labute approximate surface area is 166 Å². The van der Waals surface area contributed by atoms with Gasteiger partial charge >= 0.3 is 0 Å². The number of hydrogen-bond acceptors (Lipinski definition) is 3. The van der Waals surface area contributed by atoms with Gasteiger partial charge in [-0.05, 0) is 49.4 Å². The van der Waals surface area contributed by atoms with Crippen LogP contribution in [0.3, 0.4) is 0 Å². The van der Waals surface area contributed by atoms with E-state index in [0.29, 0.717) is 12.6 Å². The molecule has 1 aromatic heterocycles.